The summed E-state index contributed by atoms with van der Waals surface area (Å²) in [7, 11) is 0. The molecule has 19 heavy (non-hydrogen) atoms. The van der Waals surface area contributed by atoms with E-state index in [1.807, 2.05) is 6.07 Å². The minimum atomic E-state index is -0.331. The van der Waals surface area contributed by atoms with E-state index in [2.05, 4.69) is 25.7 Å². The van der Waals surface area contributed by atoms with Gasteiger partial charge in [-0.2, -0.15) is 0 Å². The van der Waals surface area contributed by atoms with Crippen molar-refractivity contribution in [3.05, 3.63) is 27.1 Å². The van der Waals surface area contributed by atoms with Gasteiger partial charge in [0.1, 0.15) is 0 Å². The molecule has 5 nitrogen and oxygen atoms in total. The van der Waals surface area contributed by atoms with E-state index in [9.17, 15) is 10.1 Å². The van der Waals surface area contributed by atoms with Crippen LogP contribution in [0.25, 0.3) is 0 Å². The first kappa shape index (κ1) is 16.1. The minimum absolute atomic E-state index is 0.0678. The van der Waals surface area contributed by atoms with Crippen molar-refractivity contribution in [2.75, 3.05) is 19.6 Å². The van der Waals surface area contributed by atoms with Gasteiger partial charge in [-0.25, -0.2) is 0 Å². The summed E-state index contributed by atoms with van der Waals surface area (Å²) >= 11 is 1.26. The van der Waals surface area contributed by atoms with Gasteiger partial charge >= 0.3 is 5.00 Å². The fourth-order valence-corrected chi connectivity index (χ4v) is 2.83. The van der Waals surface area contributed by atoms with Crippen LogP contribution in [0.1, 0.15) is 32.1 Å². The molecule has 0 saturated heterocycles. The van der Waals surface area contributed by atoms with Crippen molar-refractivity contribution in [1.29, 1.82) is 0 Å². The van der Waals surface area contributed by atoms with Gasteiger partial charge in [0.25, 0.3) is 0 Å². The van der Waals surface area contributed by atoms with Crippen LogP contribution in [-0.4, -0.2) is 29.5 Å². The van der Waals surface area contributed by atoms with Crippen molar-refractivity contribution in [3.8, 4) is 0 Å². The van der Waals surface area contributed by atoms with E-state index in [0.717, 1.165) is 30.9 Å². The Balaban J connectivity index is 2.69. The summed E-state index contributed by atoms with van der Waals surface area (Å²) in [6.07, 6.45) is 1.06. The Labute approximate surface area is 118 Å². The van der Waals surface area contributed by atoms with Crippen molar-refractivity contribution in [2.24, 2.45) is 11.1 Å². The Morgan fingerprint density at radius 3 is 2.63 bits per heavy atom. The molecule has 0 saturated carbocycles. The summed E-state index contributed by atoms with van der Waals surface area (Å²) in [5.41, 5.74) is 5.84. The molecular weight excluding hydrogens is 262 g/mol. The van der Waals surface area contributed by atoms with Gasteiger partial charge in [0.2, 0.25) is 0 Å². The molecule has 0 atom stereocenters. The van der Waals surface area contributed by atoms with Gasteiger partial charge in [-0.3, -0.25) is 15.0 Å². The van der Waals surface area contributed by atoms with Gasteiger partial charge in [-0.1, -0.05) is 32.1 Å². The van der Waals surface area contributed by atoms with Crippen LogP contribution in [0.5, 0.6) is 0 Å². The third kappa shape index (κ3) is 5.26. The maximum atomic E-state index is 10.7. The molecule has 0 bridgehead atoms. The van der Waals surface area contributed by atoms with E-state index >= 15 is 0 Å². The fraction of sp³-hybridized carbons (Fsp3) is 0.692. The van der Waals surface area contributed by atoms with Gasteiger partial charge in [-0.05, 0) is 31.0 Å². The van der Waals surface area contributed by atoms with Gasteiger partial charge in [-0.15, -0.1) is 0 Å². The predicted molar refractivity (Wildman–Crippen MR) is 79.4 cm³/mol. The number of hydrogen-bond acceptors (Lipinski definition) is 5. The molecule has 1 heterocycles. The first-order valence-corrected chi connectivity index (χ1v) is 7.35. The van der Waals surface area contributed by atoms with Crippen molar-refractivity contribution >= 4 is 16.3 Å². The van der Waals surface area contributed by atoms with Crippen molar-refractivity contribution < 1.29 is 4.92 Å². The quantitative estimate of drug-likeness (QED) is 0.589. The van der Waals surface area contributed by atoms with Crippen molar-refractivity contribution in [3.63, 3.8) is 0 Å². The Morgan fingerprint density at radius 2 is 2.16 bits per heavy atom. The van der Waals surface area contributed by atoms with E-state index in [4.69, 9.17) is 5.73 Å². The zero-order valence-electron chi connectivity index (χ0n) is 11.9. The topological polar surface area (TPSA) is 72.4 Å². The SMILES string of the molecule is CCCN(Cc1ccc([N+](=O)[O-])s1)CC(C)(C)CN. The number of rotatable bonds is 8. The number of thiophene rings is 1. The number of nitrogens with two attached hydrogens (primary N) is 1. The predicted octanol–water partition coefficient (Wildman–Crippen LogP) is 2.85. The smallest absolute Gasteiger partial charge is 0.324 e. The van der Waals surface area contributed by atoms with Crippen LogP contribution in [-0.2, 0) is 6.54 Å². The first-order valence-electron chi connectivity index (χ1n) is 6.53. The standard InChI is InChI=1S/C13H23N3O2S/c1-4-7-15(10-13(2,3)9-14)8-11-5-6-12(19-11)16(17)18/h5-6H,4,7-10,14H2,1-3H3. The molecule has 0 radical (unpaired) electrons. The molecular formula is C13H23N3O2S. The largest absolute Gasteiger partial charge is 0.330 e. The Bertz CT molecular complexity index is 418. The number of nitro groups is 1. The lowest BCUT2D eigenvalue weighted by Crippen LogP contribution is -2.38. The summed E-state index contributed by atoms with van der Waals surface area (Å²) in [6, 6.07) is 3.43. The van der Waals surface area contributed by atoms with Crippen LogP contribution in [0.4, 0.5) is 5.00 Å². The summed E-state index contributed by atoms with van der Waals surface area (Å²) in [4.78, 5) is 13.7. The molecule has 0 aliphatic heterocycles. The lowest BCUT2D eigenvalue weighted by Gasteiger charge is -2.31. The molecule has 1 aromatic rings. The number of hydrogen-bond donors (Lipinski definition) is 1. The Kier molecular flexibility index (Phi) is 5.90. The summed E-state index contributed by atoms with van der Waals surface area (Å²) in [6.45, 7) is 9.71. The molecule has 0 spiro atoms. The van der Waals surface area contributed by atoms with Crippen LogP contribution >= 0.6 is 11.3 Å². The van der Waals surface area contributed by atoms with Crippen LogP contribution in [0.3, 0.4) is 0 Å². The third-order valence-electron chi connectivity index (χ3n) is 2.95. The van der Waals surface area contributed by atoms with Gasteiger partial charge in [0.15, 0.2) is 0 Å². The highest BCUT2D eigenvalue weighted by Gasteiger charge is 2.21. The average Bonchev–Trinajstić information content (AvgIpc) is 2.77. The van der Waals surface area contributed by atoms with Gasteiger partial charge in [0.05, 0.1) is 4.92 Å². The van der Waals surface area contributed by atoms with E-state index in [1.165, 1.54) is 11.3 Å². The molecule has 2 N–H and O–H groups in total. The maximum Gasteiger partial charge on any atom is 0.324 e. The third-order valence-corrected chi connectivity index (χ3v) is 3.97. The molecule has 1 aromatic heterocycles. The van der Waals surface area contributed by atoms with Crippen molar-refractivity contribution in [2.45, 2.75) is 33.7 Å². The second-order valence-electron chi connectivity index (χ2n) is 5.58. The summed E-state index contributed by atoms with van der Waals surface area (Å²) < 4.78 is 0. The van der Waals surface area contributed by atoms with Gasteiger partial charge < -0.3 is 5.73 Å². The molecule has 0 amide bonds. The highest BCUT2D eigenvalue weighted by atomic mass is 32.1. The zero-order chi connectivity index (χ0) is 14.5. The minimum Gasteiger partial charge on any atom is -0.330 e. The van der Waals surface area contributed by atoms with E-state index in [0.29, 0.717) is 6.54 Å². The van der Waals surface area contributed by atoms with Crippen LogP contribution in [0.15, 0.2) is 12.1 Å². The van der Waals surface area contributed by atoms with E-state index in [-0.39, 0.29) is 15.3 Å². The molecule has 1 rings (SSSR count). The molecule has 108 valence electrons. The summed E-state index contributed by atoms with van der Waals surface area (Å²) in [5, 5.41) is 10.9. The average molecular weight is 285 g/mol. The van der Waals surface area contributed by atoms with Gasteiger partial charge in [0, 0.05) is 24.0 Å². The first-order chi connectivity index (χ1) is 8.88. The molecule has 0 fully saturated rings. The zero-order valence-corrected chi connectivity index (χ0v) is 12.7. The normalized spacial score (nSPS) is 12.1. The molecule has 6 heteroatoms. The van der Waals surface area contributed by atoms with E-state index in [1.54, 1.807) is 6.07 Å². The van der Waals surface area contributed by atoms with Crippen molar-refractivity contribution in [1.82, 2.24) is 4.90 Å². The highest BCUT2D eigenvalue weighted by molar-refractivity contribution is 7.15. The molecule has 0 unspecified atom stereocenters. The molecule has 0 aliphatic rings. The molecule has 0 aromatic carbocycles. The Hall–Kier alpha value is -0.980. The monoisotopic (exact) mass is 285 g/mol. The van der Waals surface area contributed by atoms with Crippen LogP contribution in [0, 0.1) is 15.5 Å². The molecule has 0 aliphatic carbocycles. The lowest BCUT2D eigenvalue weighted by atomic mass is 9.93. The summed E-state index contributed by atoms with van der Waals surface area (Å²) in [5.74, 6) is 0. The second-order valence-corrected chi connectivity index (χ2v) is 6.72. The van der Waals surface area contributed by atoms with Crippen LogP contribution < -0.4 is 5.73 Å². The number of nitrogens with zero attached hydrogens (tertiary/aromatic N) is 2. The fourth-order valence-electron chi connectivity index (χ4n) is 1.97. The second kappa shape index (κ2) is 6.98. The van der Waals surface area contributed by atoms with E-state index < -0.39 is 0 Å². The maximum absolute atomic E-state index is 10.7. The highest BCUT2D eigenvalue weighted by Crippen LogP contribution is 2.26. The Morgan fingerprint density at radius 1 is 1.47 bits per heavy atom. The lowest BCUT2D eigenvalue weighted by molar-refractivity contribution is -0.380. The van der Waals surface area contributed by atoms with Crippen LogP contribution in [0.2, 0.25) is 0 Å².